The van der Waals surface area contributed by atoms with Crippen molar-refractivity contribution in [3.8, 4) is 10.4 Å². The van der Waals surface area contributed by atoms with Crippen LogP contribution in [0.4, 0.5) is 0 Å². The van der Waals surface area contributed by atoms with Crippen LogP contribution < -0.4 is 0 Å². The SMILES string of the molecule is Cc1ccc(-c2ccc(Cl)c(C=O)c2)s1. The number of benzene rings is 1. The first kappa shape index (κ1) is 10.4. The van der Waals surface area contributed by atoms with E-state index >= 15 is 0 Å². The number of carbonyl (C=O) groups is 1. The summed E-state index contributed by atoms with van der Waals surface area (Å²) in [5, 5.41) is 0.502. The Morgan fingerprint density at radius 2 is 2.07 bits per heavy atom. The topological polar surface area (TPSA) is 17.1 Å². The van der Waals surface area contributed by atoms with Crippen molar-refractivity contribution in [3.05, 3.63) is 45.8 Å². The summed E-state index contributed by atoms with van der Waals surface area (Å²) in [6.45, 7) is 2.06. The molecule has 0 unspecified atom stereocenters. The van der Waals surface area contributed by atoms with E-state index in [0.717, 1.165) is 16.7 Å². The Bertz CT molecular complexity index is 502. The highest BCUT2D eigenvalue weighted by Gasteiger charge is 2.04. The van der Waals surface area contributed by atoms with Gasteiger partial charge >= 0.3 is 0 Å². The highest BCUT2D eigenvalue weighted by molar-refractivity contribution is 7.15. The van der Waals surface area contributed by atoms with Crippen LogP contribution in [0, 0.1) is 6.92 Å². The van der Waals surface area contributed by atoms with Gasteiger partial charge in [0, 0.05) is 15.3 Å². The third-order valence-corrected chi connectivity index (χ3v) is 3.54. The Kier molecular flexibility index (Phi) is 2.89. The van der Waals surface area contributed by atoms with Gasteiger partial charge in [-0.3, -0.25) is 4.79 Å². The summed E-state index contributed by atoms with van der Waals surface area (Å²) < 4.78 is 0. The zero-order valence-electron chi connectivity index (χ0n) is 8.16. The van der Waals surface area contributed by atoms with Gasteiger partial charge in [0.2, 0.25) is 0 Å². The molecule has 1 aromatic heterocycles. The minimum atomic E-state index is 0.502. The summed E-state index contributed by atoms with van der Waals surface area (Å²) in [7, 11) is 0. The Morgan fingerprint density at radius 3 is 2.67 bits per heavy atom. The van der Waals surface area contributed by atoms with Gasteiger partial charge in [-0.05, 0) is 36.8 Å². The number of halogens is 1. The summed E-state index contributed by atoms with van der Waals surface area (Å²) >= 11 is 7.57. The molecule has 0 spiro atoms. The third kappa shape index (κ3) is 2.11. The maximum Gasteiger partial charge on any atom is 0.151 e. The molecular weight excluding hydrogens is 228 g/mol. The molecule has 1 nitrogen and oxygen atoms in total. The van der Waals surface area contributed by atoms with E-state index in [1.54, 1.807) is 17.4 Å². The minimum Gasteiger partial charge on any atom is -0.298 e. The number of aryl methyl sites for hydroxylation is 1. The van der Waals surface area contributed by atoms with Gasteiger partial charge in [0.1, 0.15) is 0 Å². The van der Waals surface area contributed by atoms with Crippen molar-refractivity contribution >= 4 is 29.2 Å². The fourth-order valence-corrected chi connectivity index (χ4v) is 2.40. The molecule has 0 amide bonds. The maximum absolute atomic E-state index is 10.7. The van der Waals surface area contributed by atoms with Crippen LogP contribution in [0.5, 0.6) is 0 Å². The van der Waals surface area contributed by atoms with E-state index < -0.39 is 0 Å². The zero-order valence-corrected chi connectivity index (χ0v) is 9.73. The lowest BCUT2D eigenvalue weighted by Gasteiger charge is -2.00. The fraction of sp³-hybridized carbons (Fsp3) is 0.0833. The molecular formula is C12H9ClOS. The number of aldehydes is 1. The summed E-state index contributed by atoms with van der Waals surface area (Å²) in [5.41, 5.74) is 1.58. The van der Waals surface area contributed by atoms with E-state index in [1.165, 1.54) is 4.88 Å². The molecule has 0 aliphatic rings. The van der Waals surface area contributed by atoms with Crippen molar-refractivity contribution in [3.63, 3.8) is 0 Å². The van der Waals surface area contributed by atoms with E-state index in [2.05, 4.69) is 19.1 Å². The Balaban J connectivity index is 2.50. The number of hydrogen-bond donors (Lipinski definition) is 0. The Labute approximate surface area is 97.3 Å². The fourth-order valence-electron chi connectivity index (χ4n) is 1.38. The molecule has 0 aliphatic carbocycles. The van der Waals surface area contributed by atoms with Crippen molar-refractivity contribution in [1.82, 2.24) is 0 Å². The van der Waals surface area contributed by atoms with Crippen molar-refractivity contribution in [2.45, 2.75) is 6.92 Å². The molecule has 0 N–H and O–H groups in total. The third-order valence-electron chi connectivity index (χ3n) is 2.15. The predicted octanol–water partition coefficient (Wildman–Crippen LogP) is 4.19. The molecule has 3 heteroatoms. The van der Waals surface area contributed by atoms with Gasteiger partial charge in [0.25, 0.3) is 0 Å². The Morgan fingerprint density at radius 1 is 1.27 bits per heavy atom. The van der Waals surface area contributed by atoms with Gasteiger partial charge in [-0.15, -0.1) is 11.3 Å². The van der Waals surface area contributed by atoms with Gasteiger partial charge in [-0.1, -0.05) is 17.7 Å². The molecule has 2 aromatic rings. The van der Waals surface area contributed by atoms with E-state index in [1.807, 2.05) is 12.1 Å². The molecule has 0 bridgehead atoms. The number of carbonyl (C=O) groups excluding carboxylic acids is 1. The van der Waals surface area contributed by atoms with Crippen molar-refractivity contribution in [1.29, 1.82) is 0 Å². The molecule has 0 saturated carbocycles. The lowest BCUT2D eigenvalue weighted by atomic mass is 10.1. The predicted molar refractivity (Wildman–Crippen MR) is 64.9 cm³/mol. The van der Waals surface area contributed by atoms with Gasteiger partial charge in [0.05, 0.1) is 5.02 Å². The van der Waals surface area contributed by atoms with Crippen LogP contribution in [-0.4, -0.2) is 6.29 Å². The van der Waals surface area contributed by atoms with Gasteiger partial charge < -0.3 is 0 Å². The highest BCUT2D eigenvalue weighted by atomic mass is 35.5. The lowest BCUT2D eigenvalue weighted by Crippen LogP contribution is -1.82. The monoisotopic (exact) mass is 236 g/mol. The van der Waals surface area contributed by atoms with Crippen LogP contribution in [-0.2, 0) is 0 Å². The first-order chi connectivity index (χ1) is 7.20. The molecule has 15 heavy (non-hydrogen) atoms. The highest BCUT2D eigenvalue weighted by Crippen LogP contribution is 2.29. The number of hydrogen-bond acceptors (Lipinski definition) is 2. The molecule has 0 atom stereocenters. The molecule has 0 aliphatic heterocycles. The molecule has 1 heterocycles. The summed E-state index contributed by atoms with van der Waals surface area (Å²) in [4.78, 5) is 13.2. The van der Waals surface area contributed by atoms with E-state index in [-0.39, 0.29) is 0 Å². The van der Waals surface area contributed by atoms with Crippen LogP contribution in [0.1, 0.15) is 15.2 Å². The summed E-state index contributed by atoms with van der Waals surface area (Å²) in [6, 6.07) is 9.63. The Hall–Kier alpha value is -1.12. The molecule has 0 fully saturated rings. The molecule has 1 aromatic carbocycles. The first-order valence-corrected chi connectivity index (χ1v) is 5.71. The van der Waals surface area contributed by atoms with E-state index in [9.17, 15) is 4.79 Å². The molecule has 76 valence electrons. The second-order valence-corrected chi connectivity index (χ2v) is 4.96. The average Bonchev–Trinajstić information content (AvgIpc) is 2.66. The van der Waals surface area contributed by atoms with Crippen LogP contribution in [0.25, 0.3) is 10.4 Å². The van der Waals surface area contributed by atoms with Crippen molar-refractivity contribution in [2.75, 3.05) is 0 Å². The van der Waals surface area contributed by atoms with Crippen LogP contribution in [0.2, 0.25) is 5.02 Å². The summed E-state index contributed by atoms with van der Waals surface area (Å²) in [5.74, 6) is 0. The first-order valence-electron chi connectivity index (χ1n) is 4.52. The smallest absolute Gasteiger partial charge is 0.151 e. The van der Waals surface area contributed by atoms with Gasteiger partial charge in [-0.25, -0.2) is 0 Å². The largest absolute Gasteiger partial charge is 0.298 e. The molecule has 0 radical (unpaired) electrons. The second kappa shape index (κ2) is 4.17. The van der Waals surface area contributed by atoms with Crippen molar-refractivity contribution in [2.24, 2.45) is 0 Å². The molecule has 2 rings (SSSR count). The van der Waals surface area contributed by atoms with Crippen LogP contribution in [0.15, 0.2) is 30.3 Å². The van der Waals surface area contributed by atoms with E-state index in [4.69, 9.17) is 11.6 Å². The van der Waals surface area contributed by atoms with Crippen molar-refractivity contribution < 1.29 is 4.79 Å². The van der Waals surface area contributed by atoms with Crippen LogP contribution >= 0.6 is 22.9 Å². The standard InChI is InChI=1S/C12H9ClOS/c1-8-2-5-12(15-8)9-3-4-11(13)10(6-9)7-14/h2-7H,1H3. The van der Waals surface area contributed by atoms with Gasteiger partial charge in [0.15, 0.2) is 6.29 Å². The lowest BCUT2D eigenvalue weighted by molar-refractivity contribution is 0.112. The maximum atomic E-state index is 10.7. The number of thiophene rings is 1. The quantitative estimate of drug-likeness (QED) is 0.715. The average molecular weight is 237 g/mol. The second-order valence-electron chi connectivity index (χ2n) is 3.26. The molecule has 0 saturated heterocycles. The van der Waals surface area contributed by atoms with E-state index in [0.29, 0.717) is 10.6 Å². The minimum absolute atomic E-state index is 0.502. The normalized spacial score (nSPS) is 10.3. The zero-order chi connectivity index (χ0) is 10.8. The summed E-state index contributed by atoms with van der Waals surface area (Å²) in [6.07, 6.45) is 0.784. The number of rotatable bonds is 2. The van der Waals surface area contributed by atoms with Gasteiger partial charge in [-0.2, -0.15) is 0 Å². The van der Waals surface area contributed by atoms with Crippen LogP contribution in [0.3, 0.4) is 0 Å².